The topological polar surface area (TPSA) is 8.17 Å². The molecule has 0 radical (unpaired) electrons. The van der Waals surface area contributed by atoms with Crippen molar-refractivity contribution in [3.63, 3.8) is 0 Å². The summed E-state index contributed by atoms with van der Waals surface area (Å²) in [7, 11) is 0. The van der Waals surface area contributed by atoms with Crippen LogP contribution in [-0.4, -0.2) is 4.57 Å². The first-order chi connectivity index (χ1) is 34.2. The van der Waals surface area contributed by atoms with E-state index in [1.807, 2.05) is 0 Å². The van der Waals surface area contributed by atoms with Crippen molar-refractivity contribution in [3.8, 4) is 50.2 Å². The third-order valence-corrected chi connectivity index (χ3v) is 14.3. The maximum Gasteiger partial charge on any atom is 0.0714 e. The molecule has 0 fully saturated rings. The molecule has 0 unspecified atom stereocenters. The molecule has 0 saturated heterocycles. The lowest BCUT2D eigenvalue weighted by molar-refractivity contribution is 0.768. The number of aromatic nitrogens is 1. The maximum absolute atomic E-state index is 2.45. The summed E-state index contributed by atoms with van der Waals surface area (Å²) in [6.45, 7) is 0. The number of hydrogen-bond acceptors (Lipinski definition) is 1. The van der Waals surface area contributed by atoms with Crippen LogP contribution in [0.5, 0.6) is 0 Å². The molecule has 2 heteroatoms. The molecule has 2 nitrogen and oxygen atoms in total. The van der Waals surface area contributed by atoms with Gasteiger partial charge in [-0.1, -0.05) is 218 Å². The fraction of sp³-hybridized carbons (Fsp3) is 0.0149. The highest BCUT2D eigenvalue weighted by molar-refractivity contribution is 6.10. The van der Waals surface area contributed by atoms with Gasteiger partial charge in [0.25, 0.3) is 0 Å². The predicted molar refractivity (Wildman–Crippen MR) is 289 cm³/mol. The van der Waals surface area contributed by atoms with Gasteiger partial charge in [-0.2, -0.15) is 0 Å². The summed E-state index contributed by atoms with van der Waals surface area (Å²) >= 11 is 0. The van der Waals surface area contributed by atoms with Crippen molar-refractivity contribution in [3.05, 3.63) is 301 Å². The number of fused-ring (bicyclic) bond motifs is 6. The summed E-state index contributed by atoms with van der Waals surface area (Å²) < 4.78 is 2.41. The molecule has 0 spiro atoms. The van der Waals surface area contributed by atoms with Gasteiger partial charge in [-0.3, -0.25) is 0 Å². The molecule has 12 aromatic rings. The lowest BCUT2D eigenvalue weighted by atomic mass is 9.67. The molecule has 13 rings (SSSR count). The number of hydrogen-bond donors (Lipinski definition) is 0. The average molecular weight is 879 g/mol. The van der Waals surface area contributed by atoms with Crippen molar-refractivity contribution >= 4 is 38.9 Å². The first-order valence-electron chi connectivity index (χ1n) is 23.8. The van der Waals surface area contributed by atoms with E-state index in [4.69, 9.17) is 0 Å². The Hall–Kier alpha value is -8.98. The largest absolute Gasteiger partial charge is 0.310 e. The highest BCUT2D eigenvalue weighted by Crippen LogP contribution is 2.57. The fourth-order valence-electron chi connectivity index (χ4n) is 11.1. The molecule has 1 heterocycles. The highest BCUT2D eigenvalue weighted by Gasteiger charge is 2.46. The molecule has 1 aromatic heterocycles. The standard InChI is InChI=1S/C67H46N2/c1-5-17-47(18-6-1)49-29-36-55(37-30-49)68(58-42-44-60-59-25-13-15-27-63(59)67(64(60)46-58,53-21-9-3-10-22-53)54-23-11-4-12-24-54)56-38-33-51(34-39-56)52-35-43-62-61-26-14-16-28-65(61)69(66(62)45-52)57-40-31-50(32-41-57)48-19-7-2-8-20-48/h1-46H. The SMILES string of the molecule is c1ccc(-c2ccc(N(c3ccc(-c4ccc5c6ccccc6n(-c6ccc(-c7ccccc7)cc6)c5c4)cc3)c3ccc4c(c3)C(c3ccccc3)(c3ccccc3)c3ccccc3-4)cc2)cc1. The second-order valence-corrected chi connectivity index (χ2v) is 18.1. The number of para-hydroxylation sites is 1. The average Bonchev–Trinajstić information content (AvgIpc) is 3.92. The Kier molecular flexibility index (Phi) is 9.77. The van der Waals surface area contributed by atoms with Crippen LogP contribution >= 0.6 is 0 Å². The Morgan fingerprint density at radius 1 is 0.275 bits per heavy atom. The van der Waals surface area contributed by atoms with Gasteiger partial charge in [0, 0.05) is 33.5 Å². The molecule has 69 heavy (non-hydrogen) atoms. The van der Waals surface area contributed by atoms with E-state index in [1.54, 1.807) is 0 Å². The van der Waals surface area contributed by atoms with Crippen LogP contribution in [0.4, 0.5) is 17.1 Å². The van der Waals surface area contributed by atoms with Gasteiger partial charge in [0.05, 0.1) is 16.4 Å². The quantitative estimate of drug-likeness (QED) is 0.140. The van der Waals surface area contributed by atoms with Crippen molar-refractivity contribution in [1.82, 2.24) is 4.57 Å². The minimum Gasteiger partial charge on any atom is -0.310 e. The summed E-state index contributed by atoms with van der Waals surface area (Å²) in [4.78, 5) is 2.42. The van der Waals surface area contributed by atoms with Crippen molar-refractivity contribution in [2.45, 2.75) is 5.41 Å². The molecule has 0 amide bonds. The van der Waals surface area contributed by atoms with Crippen LogP contribution < -0.4 is 4.90 Å². The Bertz CT molecular complexity index is 3740. The minimum absolute atomic E-state index is 0.512. The van der Waals surface area contributed by atoms with E-state index in [9.17, 15) is 0 Å². The Labute approximate surface area is 403 Å². The van der Waals surface area contributed by atoms with Crippen LogP contribution in [0.15, 0.2) is 279 Å². The van der Waals surface area contributed by atoms with E-state index in [1.165, 1.54) is 83.0 Å². The first kappa shape index (κ1) is 40.3. The van der Waals surface area contributed by atoms with E-state index in [-0.39, 0.29) is 0 Å². The Morgan fingerprint density at radius 2 is 0.710 bits per heavy atom. The van der Waals surface area contributed by atoms with E-state index >= 15 is 0 Å². The van der Waals surface area contributed by atoms with Crippen molar-refractivity contribution in [2.24, 2.45) is 0 Å². The van der Waals surface area contributed by atoms with Crippen LogP contribution in [0.3, 0.4) is 0 Å². The molecule has 0 N–H and O–H groups in total. The van der Waals surface area contributed by atoms with E-state index in [0.717, 1.165) is 28.3 Å². The zero-order chi connectivity index (χ0) is 45.7. The molecule has 324 valence electrons. The second-order valence-electron chi connectivity index (χ2n) is 18.1. The van der Waals surface area contributed by atoms with Gasteiger partial charge in [-0.25, -0.2) is 0 Å². The van der Waals surface area contributed by atoms with Crippen LogP contribution in [0.2, 0.25) is 0 Å². The highest BCUT2D eigenvalue weighted by atomic mass is 15.1. The summed E-state index contributed by atoms with van der Waals surface area (Å²) in [5, 5.41) is 2.49. The number of benzene rings is 11. The van der Waals surface area contributed by atoms with Crippen LogP contribution in [0.25, 0.3) is 72.0 Å². The van der Waals surface area contributed by atoms with Crippen LogP contribution in [-0.2, 0) is 5.41 Å². The molecular formula is C67H46N2. The van der Waals surface area contributed by atoms with Gasteiger partial charge in [0.1, 0.15) is 0 Å². The number of rotatable bonds is 9. The van der Waals surface area contributed by atoms with Crippen molar-refractivity contribution in [2.75, 3.05) is 4.90 Å². The van der Waals surface area contributed by atoms with Crippen molar-refractivity contribution in [1.29, 1.82) is 0 Å². The number of anilines is 3. The van der Waals surface area contributed by atoms with E-state index in [2.05, 4.69) is 289 Å². The number of nitrogens with zero attached hydrogens (tertiary/aromatic N) is 2. The van der Waals surface area contributed by atoms with Crippen molar-refractivity contribution < 1.29 is 0 Å². The molecule has 11 aromatic carbocycles. The van der Waals surface area contributed by atoms with Gasteiger partial charge in [-0.05, 0) is 127 Å². The lowest BCUT2D eigenvalue weighted by Crippen LogP contribution is -2.28. The summed E-state index contributed by atoms with van der Waals surface area (Å²) in [6, 6.07) is 102. The normalized spacial score (nSPS) is 12.5. The predicted octanol–water partition coefficient (Wildman–Crippen LogP) is 17.6. The third kappa shape index (κ3) is 6.72. The lowest BCUT2D eigenvalue weighted by Gasteiger charge is -2.35. The van der Waals surface area contributed by atoms with Gasteiger partial charge in [-0.15, -0.1) is 0 Å². The molecule has 0 aliphatic heterocycles. The molecule has 0 saturated carbocycles. The monoisotopic (exact) mass is 878 g/mol. The molecular weight excluding hydrogens is 833 g/mol. The second kappa shape index (κ2) is 16.7. The molecule has 0 bridgehead atoms. The third-order valence-electron chi connectivity index (χ3n) is 14.3. The summed E-state index contributed by atoms with van der Waals surface area (Å²) in [5.41, 5.74) is 21.0. The van der Waals surface area contributed by atoms with E-state index < -0.39 is 5.41 Å². The zero-order valence-electron chi connectivity index (χ0n) is 38.0. The first-order valence-corrected chi connectivity index (χ1v) is 23.8. The van der Waals surface area contributed by atoms with Gasteiger partial charge >= 0.3 is 0 Å². The van der Waals surface area contributed by atoms with Gasteiger partial charge < -0.3 is 9.47 Å². The minimum atomic E-state index is -0.512. The Morgan fingerprint density at radius 3 is 1.32 bits per heavy atom. The van der Waals surface area contributed by atoms with Gasteiger partial charge in [0.15, 0.2) is 0 Å². The Balaban J connectivity index is 0.945. The smallest absolute Gasteiger partial charge is 0.0714 e. The zero-order valence-corrected chi connectivity index (χ0v) is 38.0. The molecule has 0 atom stereocenters. The summed E-state index contributed by atoms with van der Waals surface area (Å²) in [5.74, 6) is 0. The van der Waals surface area contributed by atoms with Crippen LogP contribution in [0, 0.1) is 0 Å². The van der Waals surface area contributed by atoms with Gasteiger partial charge in [0.2, 0.25) is 0 Å². The molecule has 1 aliphatic carbocycles. The summed E-state index contributed by atoms with van der Waals surface area (Å²) in [6.07, 6.45) is 0. The van der Waals surface area contributed by atoms with E-state index in [0.29, 0.717) is 0 Å². The van der Waals surface area contributed by atoms with Crippen LogP contribution in [0.1, 0.15) is 22.3 Å². The maximum atomic E-state index is 2.45. The fourth-order valence-corrected chi connectivity index (χ4v) is 11.1. The molecule has 1 aliphatic rings.